The van der Waals surface area contributed by atoms with E-state index in [1.165, 1.54) is 0 Å². The number of hydrogen-bond acceptors (Lipinski definition) is 2. The van der Waals surface area contributed by atoms with Crippen molar-refractivity contribution in [2.75, 3.05) is 19.6 Å². The first-order chi connectivity index (χ1) is 11.8. The second-order valence-electron chi connectivity index (χ2n) is 6.82. The molecule has 25 heavy (non-hydrogen) atoms. The summed E-state index contributed by atoms with van der Waals surface area (Å²) in [4.78, 5) is 14.3. The van der Waals surface area contributed by atoms with E-state index < -0.39 is 17.5 Å². The zero-order valence-electron chi connectivity index (χ0n) is 13.9. The lowest BCUT2D eigenvalue weighted by Crippen LogP contribution is -2.34. The summed E-state index contributed by atoms with van der Waals surface area (Å²) in [5.74, 6) is -4.07. The van der Waals surface area contributed by atoms with E-state index in [0.29, 0.717) is 30.8 Å². The lowest BCUT2D eigenvalue weighted by atomic mass is 9.90. The fraction of sp³-hybridized carbons (Fsp3) is 0.316. The molecule has 1 unspecified atom stereocenters. The van der Waals surface area contributed by atoms with Gasteiger partial charge in [-0.25, -0.2) is 13.2 Å². The van der Waals surface area contributed by atoms with Gasteiger partial charge in [-0.15, -0.1) is 0 Å². The molecule has 0 aliphatic carbocycles. The van der Waals surface area contributed by atoms with Crippen LogP contribution < -0.4 is 5.73 Å². The minimum absolute atomic E-state index is 0.0568. The largest absolute Gasteiger partial charge is 0.338 e. The summed E-state index contributed by atoms with van der Waals surface area (Å²) in [6.07, 6.45) is 0.863. The van der Waals surface area contributed by atoms with Crippen molar-refractivity contribution >= 4 is 5.91 Å². The van der Waals surface area contributed by atoms with Crippen LogP contribution in [0.2, 0.25) is 0 Å². The predicted molar refractivity (Wildman–Crippen MR) is 89.4 cm³/mol. The molecule has 1 atom stereocenters. The highest BCUT2D eigenvalue weighted by Crippen LogP contribution is 2.30. The van der Waals surface area contributed by atoms with E-state index in [9.17, 15) is 18.0 Å². The number of carbonyl (C=O) groups excluding carboxylic acids is 1. The normalized spacial score (nSPS) is 20.1. The molecule has 3 nitrogen and oxygen atoms in total. The summed E-state index contributed by atoms with van der Waals surface area (Å²) in [5.41, 5.74) is 6.92. The molecule has 2 aromatic rings. The van der Waals surface area contributed by atoms with Gasteiger partial charge in [-0.3, -0.25) is 4.79 Å². The van der Waals surface area contributed by atoms with Gasteiger partial charge in [-0.05, 0) is 53.8 Å². The maximum absolute atomic E-state index is 13.4. The van der Waals surface area contributed by atoms with Crippen LogP contribution in [-0.2, 0) is 0 Å². The first kappa shape index (κ1) is 17.5. The zero-order chi connectivity index (χ0) is 18.2. The number of benzene rings is 2. The molecular formula is C19H19F3N2O. The SMILES string of the molecule is CC1(CN)CCN(C(=O)c2ccc(-c3cc(F)c(F)c(F)c3)cc2)C1. The molecule has 0 bridgehead atoms. The van der Waals surface area contributed by atoms with Crippen molar-refractivity contribution in [1.82, 2.24) is 4.90 Å². The Morgan fingerprint density at radius 3 is 2.24 bits per heavy atom. The van der Waals surface area contributed by atoms with Gasteiger partial charge in [0, 0.05) is 18.7 Å². The van der Waals surface area contributed by atoms with Crippen LogP contribution in [0.3, 0.4) is 0 Å². The van der Waals surface area contributed by atoms with Crippen LogP contribution >= 0.6 is 0 Å². The Bertz CT molecular complexity index is 784. The topological polar surface area (TPSA) is 46.3 Å². The highest BCUT2D eigenvalue weighted by Gasteiger charge is 2.35. The van der Waals surface area contributed by atoms with Gasteiger partial charge in [0.15, 0.2) is 17.5 Å². The first-order valence-electron chi connectivity index (χ1n) is 8.07. The summed E-state index contributed by atoms with van der Waals surface area (Å²) in [6.45, 7) is 3.85. The van der Waals surface area contributed by atoms with Crippen LogP contribution in [0.4, 0.5) is 13.2 Å². The van der Waals surface area contributed by atoms with Crippen molar-refractivity contribution in [2.45, 2.75) is 13.3 Å². The zero-order valence-corrected chi connectivity index (χ0v) is 13.9. The average Bonchev–Trinajstić information content (AvgIpc) is 3.02. The van der Waals surface area contributed by atoms with Gasteiger partial charge in [0.2, 0.25) is 0 Å². The Morgan fingerprint density at radius 2 is 1.72 bits per heavy atom. The monoisotopic (exact) mass is 348 g/mol. The lowest BCUT2D eigenvalue weighted by molar-refractivity contribution is 0.0777. The molecule has 6 heteroatoms. The van der Waals surface area contributed by atoms with Crippen LogP contribution in [-0.4, -0.2) is 30.4 Å². The van der Waals surface area contributed by atoms with Crippen LogP contribution in [0.25, 0.3) is 11.1 Å². The van der Waals surface area contributed by atoms with Gasteiger partial charge in [0.1, 0.15) is 0 Å². The van der Waals surface area contributed by atoms with E-state index in [0.717, 1.165) is 18.6 Å². The minimum atomic E-state index is -1.49. The lowest BCUT2D eigenvalue weighted by Gasteiger charge is -2.22. The highest BCUT2D eigenvalue weighted by molar-refractivity contribution is 5.95. The number of amides is 1. The third-order valence-electron chi connectivity index (χ3n) is 4.79. The number of rotatable bonds is 3. The van der Waals surface area contributed by atoms with Crippen LogP contribution in [0.1, 0.15) is 23.7 Å². The molecule has 1 aliphatic rings. The number of carbonyl (C=O) groups is 1. The molecule has 1 saturated heterocycles. The summed E-state index contributed by atoms with van der Waals surface area (Å²) < 4.78 is 39.8. The molecule has 0 aromatic heterocycles. The van der Waals surface area contributed by atoms with E-state index in [1.807, 2.05) is 0 Å². The Hall–Kier alpha value is -2.34. The number of hydrogen-bond donors (Lipinski definition) is 1. The maximum atomic E-state index is 13.4. The van der Waals surface area contributed by atoms with E-state index >= 15 is 0 Å². The van der Waals surface area contributed by atoms with Crippen molar-refractivity contribution in [2.24, 2.45) is 11.1 Å². The van der Waals surface area contributed by atoms with Crippen molar-refractivity contribution in [1.29, 1.82) is 0 Å². The van der Waals surface area contributed by atoms with Crippen LogP contribution in [0, 0.1) is 22.9 Å². The predicted octanol–water partition coefficient (Wildman–Crippen LogP) is 3.58. The van der Waals surface area contributed by atoms with Gasteiger partial charge < -0.3 is 10.6 Å². The van der Waals surface area contributed by atoms with Gasteiger partial charge in [-0.2, -0.15) is 0 Å². The number of nitrogens with two attached hydrogens (primary N) is 1. The highest BCUT2D eigenvalue weighted by atomic mass is 19.2. The number of likely N-dealkylation sites (tertiary alicyclic amines) is 1. The Balaban J connectivity index is 1.80. The van der Waals surface area contributed by atoms with Gasteiger partial charge in [0.25, 0.3) is 5.91 Å². The van der Waals surface area contributed by atoms with Gasteiger partial charge >= 0.3 is 0 Å². The molecular weight excluding hydrogens is 329 g/mol. The third kappa shape index (κ3) is 3.39. The van der Waals surface area contributed by atoms with E-state index in [1.54, 1.807) is 29.2 Å². The average molecular weight is 348 g/mol. The van der Waals surface area contributed by atoms with Gasteiger partial charge in [-0.1, -0.05) is 19.1 Å². The minimum Gasteiger partial charge on any atom is -0.338 e. The quantitative estimate of drug-likeness (QED) is 0.862. The second-order valence-corrected chi connectivity index (χ2v) is 6.82. The molecule has 1 fully saturated rings. The molecule has 1 heterocycles. The van der Waals surface area contributed by atoms with Crippen molar-refractivity contribution in [3.05, 3.63) is 59.4 Å². The van der Waals surface area contributed by atoms with Crippen molar-refractivity contribution < 1.29 is 18.0 Å². The molecule has 2 aromatic carbocycles. The van der Waals surface area contributed by atoms with E-state index in [-0.39, 0.29) is 16.9 Å². The van der Waals surface area contributed by atoms with E-state index in [4.69, 9.17) is 5.73 Å². The Labute approximate surface area is 144 Å². The second kappa shape index (κ2) is 6.52. The smallest absolute Gasteiger partial charge is 0.253 e. The molecule has 2 N–H and O–H groups in total. The molecule has 3 rings (SSSR count). The molecule has 0 saturated carbocycles. The fourth-order valence-corrected chi connectivity index (χ4v) is 3.07. The Morgan fingerprint density at radius 1 is 1.12 bits per heavy atom. The van der Waals surface area contributed by atoms with E-state index in [2.05, 4.69) is 6.92 Å². The summed E-state index contributed by atoms with van der Waals surface area (Å²) in [5, 5.41) is 0. The maximum Gasteiger partial charge on any atom is 0.253 e. The standard InChI is InChI=1S/C19H19F3N2O/c1-19(10-23)6-7-24(11-19)18(25)13-4-2-12(3-5-13)14-8-15(20)17(22)16(21)9-14/h2-5,8-9H,6-7,10-11,23H2,1H3. The van der Waals surface area contributed by atoms with Crippen LogP contribution in [0.5, 0.6) is 0 Å². The molecule has 0 radical (unpaired) electrons. The molecule has 1 aliphatic heterocycles. The summed E-state index contributed by atoms with van der Waals surface area (Å²) in [7, 11) is 0. The Kier molecular flexibility index (Phi) is 4.56. The van der Waals surface area contributed by atoms with Crippen molar-refractivity contribution in [3.8, 4) is 11.1 Å². The number of halogens is 3. The third-order valence-corrected chi connectivity index (χ3v) is 4.79. The number of nitrogens with zero attached hydrogens (tertiary/aromatic N) is 1. The first-order valence-corrected chi connectivity index (χ1v) is 8.07. The van der Waals surface area contributed by atoms with Crippen molar-refractivity contribution in [3.63, 3.8) is 0 Å². The molecule has 0 spiro atoms. The fourth-order valence-electron chi connectivity index (χ4n) is 3.07. The molecule has 1 amide bonds. The van der Waals surface area contributed by atoms with Gasteiger partial charge in [0.05, 0.1) is 0 Å². The summed E-state index contributed by atoms with van der Waals surface area (Å²) >= 11 is 0. The van der Waals surface area contributed by atoms with Crippen LogP contribution in [0.15, 0.2) is 36.4 Å². The summed E-state index contributed by atoms with van der Waals surface area (Å²) in [6, 6.07) is 8.27. The molecule has 132 valence electrons.